The van der Waals surface area contributed by atoms with E-state index in [1.807, 2.05) is 31.2 Å². The highest BCUT2D eigenvalue weighted by Gasteiger charge is 2.06. The van der Waals surface area contributed by atoms with E-state index in [2.05, 4.69) is 40.3 Å². The molecule has 2 rings (SSSR count). The molecule has 0 aliphatic carbocycles. The van der Waals surface area contributed by atoms with Gasteiger partial charge in [-0.15, -0.1) is 0 Å². The third-order valence-electron chi connectivity index (χ3n) is 2.76. The van der Waals surface area contributed by atoms with Crippen LogP contribution in [0, 0.1) is 13.8 Å². The molecule has 4 heteroatoms. The number of nitrogens with two attached hydrogens (primary N) is 1. The van der Waals surface area contributed by atoms with E-state index in [9.17, 15) is 0 Å². The molecular formula is C15H15BrN2S. The molecule has 2 aromatic carbocycles. The third kappa shape index (κ3) is 3.55. The lowest BCUT2D eigenvalue weighted by Gasteiger charge is -2.13. The number of hydrogen-bond donors (Lipinski definition) is 2. The molecule has 0 heterocycles. The van der Waals surface area contributed by atoms with Gasteiger partial charge >= 0.3 is 0 Å². The highest BCUT2D eigenvalue weighted by Crippen LogP contribution is 2.25. The number of benzene rings is 2. The fourth-order valence-electron chi connectivity index (χ4n) is 1.93. The van der Waals surface area contributed by atoms with Gasteiger partial charge in [0.05, 0.1) is 0 Å². The van der Waals surface area contributed by atoms with E-state index in [-0.39, 0.29) is 0 Å². The maximum atomic E-state index is 5.78. The van der Waals surface area contributed by atoms with Crippen LogP contribution in [0.25, 0.3) is 0 Å². The quantitative estimate of drug-likeness (QED) is 0.814. The standard InChI is InChI=1S/C15H15BrN2S/c1-9-3-4-14(13(7-9)15(17)19)18-12-6-10(2)5-11(16)8-12/h3-8,18H,1-2H3,(H2,17,19). The van der Waals surface area contributed by atoms with Crippen LogP contribution in [0.3, 0.4) is 0 Å². The minimum atomic E-state index is 0.401. The molecule has 0 saturated heterocycles. The zero-order valence-corrected chi connectivity index (χ0v) is 13.2. The molecule has 0 aliphatic rings. The first-order chi connectivity index (χ1) is 8.95. The summed E-state index contributed by atoms with van der Waals surface area (Å²) < 4.78 is 1.04. The van der Waals surface area contributed by atoms with E-state index in [4.69, 9.17) is 18.0 Å². The number of hydrogen-bond acceptors (Lipinski definition) is 2. The van der Waals surface area contributed by atoms with Crippen molar-refractivity contribution in [2.24, 2.45) is 5.73 Å². The molecule has 19 heavy (non-hydrogen) atoms. The molecule has 3 N–H and O–H groups in total. The number of halogens is 1. The Morgan fingerprint density at radius 2 is 1.84 bits per heavy atom. The molecule has 0 saturated carbocycles. The van der Waals surface area contributed by atoms with Crippen LogP contribution in [0.4, 0.5) is 11.4 Å². The zero-order chi connectivity index (χ0) is 14.0. The molecule has 0 amide bonds. The molecule has 0 aromatic heterocycles. The first-order valence-electron chi connectivity index (χ1n) is 5.90. The lowest BCUT2D eigenvalue weighted by molar-refractivity contribution is 1.41. The summed E-state index contributed by atoms with van der Waals surface area (Å²) in [5.74, 6) is 0. The van der Waals surface area contributed by atoms with Gasteiger partial charge in [0.15, 0.2) is 0 Å². The maximum Gasteiger partial charge on any atom is 0.106 e. The average Bonchev–Trinajstić information content (AvgIpc) is 2.30. The second-order valence-electron chi connectivity index (χ2n) is 4.56. The summed E-state index contributed by atoms with van der Waals surface area (Å²) in [6.07, 6.45) is 0. The van der Waals surface area contributed by atoms with Crippen molar-refractivity contribution in [3.63, 3.8) is 0 Å². The van der Waals surface area contributed by atoms with E-state index in [1.54, 1.807) is 0 Å². The largest absolute Gasteiger partial charge is 0.389 e. The normalized spacial score (nSPS) is 10.3. The van der Waals surface area contributed by atoms with Crippen molar-refractivity contribution in [3.05, 3.63) is 57.6 Å². The fourth-order valence-corrected chi connectivity index (χ4v) is 2.71. The molecule has 0 radical (unpaired) electrons. The minimum absolute atomic E-state index is 0.401. The van der Waals surface area contributed by atoms with Crippen LogP contribution in [-0.2, 0) is 0 Å². The van der Waals surface area contributed by atoms with Gasteiger partial charge in [-0.05, 0) is 49.7 Å². The topological polar surface area (TPSA) is 38.0 Å². The van der Waals surface area contributed by atoms with Crippen molar-refractivity contribution in [2.75, 3.05) is 5.32 Å². The highest BCUT2D eigenvalue weighted by molar-refractivity contribution is 9.10. The average molecular weight is 335 g/mol. The van der Waals surface area contributed by atoms with E-state index in [0.717, 1.165) is 27.0 Å². The Hall–Kier alpha value is -1.39. The summed E-state index contributed by atoms with van der Waals surface area (Å²) in [6.45, 7) is 4.08. The number of nitrogens with one attached hydrogen (secondary N) is 1. The molecule has 2 aromatic rings. The first-order valence-corrected chi connectivity index (χ1v) is 7.10. The van der Waals surface area contributed by atoms with E-state index in [0.29, 0.717) is 4.99 Å². The Kier molecular flexibility index (Phi) is 4.22. The maximum absolute atomic E-state index is 5.78. The van der Waals surface area contributed by atoms with Crippen LogP contribution in [-0.4, -0.2) is 4.99 Å². The summed E-state index contributed by atoms with van der Waals surface area (Å²) in [6, 6.07) is 12.2. The SMILES string of the molecule is Cc1cc(Br)cc(Nc2ccc(C)cc2C(N)=S)c1. The van der Waals surface area contributed by atoms with Crippen LogP contribution in [0.5, 0.6) is 0 Å². The Morgan fingerprint density at radius 3 is 2.47 bits per heavy atom. The van der Waals surface area contributed by atoms with Crippen molar-refractivity contribution in [2.45, 2.75) is 13.8 Å². The van der Waals surface area contributed by atoms with E-state index >= 15 is 0 Å². The summed E-state index contributed by atoms with van der Waals surface area (Å²) in [4.78, 5) is 0.401. The van der Waals surface area contributed by atoms with Gasteiger partial charge in [-0.25, -0.2) is 0 Å². The summed E-state index contributed by atoms with van der Waals surface area (Å²) >= 11 is 8.60. The molecule has 0 bridgehead atoms. The number of thiocarbonyl (C=S) groups is 1. The second-order valence-corrected chi connectivity index (χ2v) is 5.91. The Labute approximate surface area is 127 Å². The van der Waals surface area contributed by atoms with Gasteiger partial charge in [-0.1, -0.05) is 39.8 Å². The van der Waals surface area contributed by atoms with E-state index in [1.165, 1.54) is 5.56 Å². The molecular weight excluding hydrogens is 320 g/mol. The lowest BCUT2D eigenvalue weighted by Crippen LogP contribution is -2.12. The van der Waals surface area contributed by atoms with Gasteiger partial charge in [-0.3, -0.25) is 0 Å². The number of aryl methyl sites for hydroxylation is 2. The second kappa shape index (κ2) is 5.72. The van der Waals surface area contributed by atoms with Crippen molar-refractivity contribution in [3.8, 4) is 0 Å². The van der Waals surface area contributed by atoms with Crippen molar-refractivity contribution in [1.29, 1.82) is 0 Å². The van der Waals surface area contributed by atoms with E-state index < -0.39 is 0 Å². The smallest absolute Gasteiger partial charge is 0.106 e. The Bertz CT molecular complexity index is 618. The Morgan fingerprint density at radius 1 is 1.11 bits per heavy atom. The third-order valence-corrected chi connectivity index (χ3v) is 3.44. The predicted molar refractivity (Wildman–Crippen MR) is 89.2 cm³/mol. The highest BCUT2D eigenvalue weighted by atomic mass is 79.9. The van der Waals surface area contributed by atoms with Crippen LogP contribution >= 0.6 is 28.1 Å². The lowest BCUT2D eigenvalue weighted by atomic mass is 10.1. The van der Waals surface area contributed by atoms with Gasteiger partial charge in [0.1, 0.15) is 4.99 Å². The van der Waals surface area contributed by atoms with Gasteiger partial charge < -0.3 is 11.1 Å². The van der Waals surface area contributed by atoms with Crippen molar-refractivity contribution >= 4 is 44.5 Å². The first kappa shape index (κ1) is 14.0. The molecule has 0 atom stereocenters. The predicted octanol–water partition coefficient (Wildman–Crippen LogP) is 4.44. The van der Waals surface area contributed by atoms with Crippen LogP contribution in [0.15, 0.2) is 40.9 Å². The number of rotatable bonds is 3. The molecule has 0 aliphatic heterocycles. The van der Waals surface area contributed by atoms with Crippen LogP contribution in [0.2, 0.25) is 0 Å². The van der Waals surface area contributed by atoms with Gasteiger partial charge in [-0.2, -0.15) is 0 Å². The molecule has 0 fully saturated rings. The van der Waals surface area contributed by atoms with Crippen LogP contribution < -0.4 is 11.1 Å². The van der Waals surface area contributed by atoms with Gasteiger partial charge in [0.25, 0.3) is 0 Å². The summed E-state index contributed by atoms with van der Waals surface area (Å²) in [5.41, 5.74) is 10.9. The summed E-state index contributed by atoms with van der Waals surface area (Å²) in [7, 11) is 0. The molecule has 2 nitrogen and oxygen atoms in total. The summed E-state index contributed by atoms with van der Waals surface area (Å²) in [5, 5.41) is 3.37. The van der Waals surface area contributed by atoms with Gasteiger partial charge in [0, 0.05) is 21.4 Å². The van der Waals surface area contributed by atoms with Crippen molar-refractivity contribution in [1.82, 2.24) is 0 Å². The molecule has 98 valence electrons. The Balaban J connectivity index is 2.40. The monoisotopic (exact) mass is 334 g/mol. The minimum Gasteiger partial charge on any atom is -0.389 e. The zero-order valence-electron chi connectivity index (χ0n) is 10.8. The van der Waals surface area contributed by atoms with Crippen LogP contribution in [0.1, 0.15) is 16.7 Å². The van der Waals surface area contributed by atoms with Gasteiger partial charge in [0.2, 0.25) is 0 Å². The molecule has 0 unspecified atom stereocenters. The van der Waals surface area contributed by atoms with Crippen molar-refractivity contribution < 1.29 is 0 Å². The number of anilines is 2. The molecule has 0 spiro atoms. The fraction of sp³-hybridized carbons (Fsp3) is 0.133.